The number of anilines is 2. The summed E-state index contributed by atoms with van der Waals surface area (Å²) in [6.07, 6.45) is 22.6. The molecule has 5 heteroatoms. The van der Waals surface area contributed by atoms with E-state index in [1.165, 1.54) is 27.2 Å². The summed E-state index contributed by atoms with van der Waals surface area (Å²) in [5, 5.41) is 3.67. The summed E-state index contributed by atoms with van der Waals surface area (Å²) in [4.78, 5) is 10.3. The SMILES string of the molecule is C1=CC=CC2C=1N(c1ccccc1)C1=C2C2C=CC#CC2N1c1cccc(-n2c3ccccc3c3c4ccccc4n(C4=CCC=CC=C4)c32)n1. The van der Waals surface area contributed by atoms with Crippen LogP contribution in [0.2, 0.25) is 0 Å². The summed E-state index contributed by atoms with van der Waals surface area (Å²) in [6, 6.07) is 34.5. The predicted octanol–water partition coefficient (Wildman–Crippen LogP) is 9.83. The van der Waals surface area contributed by atoms with Crippen LogP contribution in [-0.2, 0) is 0 Å². The molecule has 0 amide bonds. The van der Waals surface area contributed by atoms with Crippen LogP contribution in [0.1, 0.15) is 6.42 Å². The Bertz CT molecular complexity index is 2800. The Labute approximate surface area is 295 Å². The summed E-state index contributed by atoms with van der Waals surface area (Å²) in [6.45, 7) is 0. The number of para-hydroxylation sites is 3. The molecule has 6 aromatic rings. The van der Waals surface area contributed by atoms with E-state index in [0.29, 0.717) is 0 Å². The standard InChI is InChI=1S/C46H31N5/c1-2-5-18-31(17-4-1)48-37-25-12-8-21-33(37)43-35-23-10-14-27-39(35)50(45(43)48)41-29-16-30-42(47-41)51-40-28-15-11-24-36(40)44-34-22-9-13-26-38(34)49(46(44)51)32-19-6-3-7-20-32/h1-4,6-14,16-25,27,29-30,34,36,40H,5H2. The Morgan fingerprint density at radius 1 is 0.725 bits per heavy atom. The van der Waals surface area contributed by atoms with Gasteiger partial charge in [0.2, 0.25) is 0 Å². The van der Waals surface area contributed by atoms with Crippen molar-refractivity contribution in [2.24, 2.45) is 11.8 Å². The molecule has 3 atom stereocenters. The van der Waals surface area contributed by atoms with Gasteiger partial charge in [-0.3, -0.25) is 18.9 Å². The third-order valence-corrected chi connectivity index (χ3v) is 10.7. The molecular weight excluding hydrogens is 623 g/mol. The van der Waals surface area contributed by atoms with E-state index in [0.717, 1.165) is 52.1 Å². The summed E-state index contributed by atoms with van der Waals surface area (Å²) < 4.78 is 4.77. The second-order valence-electron chi connectivity index (χ2n) is 13.4. The van der Waals surface area contributed by atoms with E-state index < -0.39 is 0 Å². The van der Waals surface area contributed by atoms with Crippen LogP contribution < -0.4 is 9.80 Å². The van der Waals surface area contributed by atoms with E-state index in [4.69, 9.17) is 4.98 Å². The molecule has 0 saturated heterocycles. The highest BCUT2D eigenvalue weighted by atomic mass is 15.4. The van der Waals surface area contributed by atoms with Gasteiger partial charge in [0.05, 0.1) is 22.6 Å². The molecular formula is C46H31N5. The van der Waals surface area contributed by atoms with Gasteiger partial charge in [-0.1, -0.05) is 121 Å². The van der Waals surface area contributed by atoms with Gasteiger partial charge in [0.1, 0.15) is 29.1 Å². The molecule has 3 aromatic heterocycles. The second kappa shape index (κ2) is 10.9. The third kappa shape index (κ3) is 3.97. The molecule has 11 rings (SSSR count). The van der Waals surface area contributed by atoms with Crippen LogP contribution in [-0.4, -0.2) is 20.2 Å². The first-order valence-electron chi connectivity index (χ1n) is 17.6. The fourth-order valence-electron chi connectivity index (χ4n) is 8.72. The van der Waals surface area contributed by atoms with Gasteiger partial charge in [-0.25, -0.2) is 4.98 Å². The van der Waals surface area contributed by atoms with Gasteiger partial charge >= 0.3 is 0 Å². The number of fused-ring (bicyclic) bond motifs is 9. The number of hydrogen-bond donors (Lipinski definition) is 0. The van der Waals surface area contributed by atoms with Crippen molar-refractivity contribution in [2.45, 2.75) is 12.5 Å². The number of rotatable bonds is 4. The van der Waals surface area contributed by atoms with E-state index in [1.807, 2.05) is 12.2 Å². The molecule has 3 aliphatic carbocycles. The van der Waals surface area contributed by atoms with E-state index >= 15 is 0 Å². The highest BCUT2D eigenvalue weighted by Gasteiger charge is 2.51. The highest BCUT2D eigenvalue weighted by molar-refractivity contribution is 6.23. The molecule has 0 fully saturated rings. The summed E-state index contributed by atoms with van der Waals surface area (Å²) in [5.74, 6) is 10.0. The van der Waals surface area contributed by atoms with Crippen molar-refractivity contribution in [3.8, 4) is 17.7 Å². The number of aromatic nitrogens is 3. The van der Waals surface area contributed by atoms with Crippen LogP contribution in [0, 0.1) is 23.7 Å². The normalized spacial score (nSPS) is 21.2. The lowest BCUT2D eigenvalue weighted by Gasteiger charge is -2.35. The average molecular weight is 654 g/mol. The Kier molecular flexibility index (Phi) is 6.01. The Morgan fingerprint density at radius 2 is 1.51 bits per heavy atom. The molecule has 3 unspecified atom stereocenters. The second-order valence-corrected chi connectivity index (χ2v) is 13.4. The minimum Gasteiger partial charge on any atom is -0.296 e. The molecule has 0 saturated carbocycles. The molecule has 5 aliphatic rings. The van der Waals surface area contributed by atoms with E-state index in [9.17, 15) is 0 Å². The minimum absolute atomic E-state index is 0.0727. The Balaban J connectivity index is 1.17. The summed E-state index contributed by atoms with van der Waals surface area (Å²) in [5.41, 5.74) is 11.8. The van der Waals surface area contributed by atoms with Crippen LogP contribution >= 0.6 is 0 Å². The molecule has 3 aromatic carbocycles. The van der Waals surface area contributed by atoms with Gasteiger partial charge in [-0.2, -0.15) is 0 Å². The molecule has 5 nitrogen and oxygen atoms in total. The number of benzene rings is 3. The average Bonchev–Trinajstić information content (AvgIpc) is 3.83. The lowest BCUT2D eigenvalue weighted by Crippen LogP contribution is -2.40. The van der Waals surface area contributed by atoms with Gasteiger partial charge in [-0.15, -0.1) is 0 Å². The van der Waals surface area contributed by atoms with Crippen LogP contribution in [0.15, 0.2) is 181 Å². The van der Waals surface area contributed by atoms with Gasteiger partial charge in [0.25, 0.3) is 0 Å². The van der Waals surface area contributed by atoms with Crippen LogP contribution in [0.3, 0.4) is 0 Å². The van der Waals surface area contributed by atoms with Crippen molar-refractivity contribution in [1.82, 2.24) is 14.1 Å². The van der Waals surface area contributed by atoms with Crippen molar-refractivity contribution in [3.05, 3.63) is 181 Å². The lowest BCUT2D eigenvalue weighted by atomic mass is 9.83. The van der Waals surface area contributed by atoms with Gasteiger partial charge in [-0.05, 0) is 66.6 Å². The zero-order chi connectivity index (χ0) is 33.5. The topological polar surface area (TPSA) is 29.2 Å². The van der Waals surface area contributed by atoms with Gasteiger partial charge in [0, 0.05) is 33.5 Å². The predicted molar refractivity (Wildman–Crippen MR) is 208 cm³/mol. The first-order chi connectivity index (χ1) is 25.4. The molecule has 5 heterocycles. The van der Waals surface area contributed by atoms with E-state index in [2.05, 4.69) is 182 Å². The van der Waals surface area contributed by atoms with Gasteiger partial charge in [0.15, 0.2) is 0 Å². The number of hydrogen-bond acceptors (Lipinski definition) is 3. The number of nitrogens with zero attached hydrogens (tertiary/aromatic N) is 5. The largest absolute Gasteiger partial charge is 0.296 e. The molecule has 0 radical (unpaired) electrons. The molecule has 0 N–H and O–H groups in total. The van der Waals surface area contributed by atoms with Gasteiger partial charge < -0.3 is 0 Å². The van der Waals surface area contributed by atoms with Crippen LogP contribution in [0.25, 0.3) is 44.4 Å². The molecule has 0 spiro atoms. The molecule has 0 bridgehead atoms. The summed E-state index contributed by atoms with van der Waals surface area (Å²) in [7, 11) is 0. The van der Waals surface area contributed by atoms with Crippen molar-refractivity contribution in [1.29, 1.82) is 0 Å². The zero-order valence-electron chi connectivity index (χ0n) is 27.7. The lowest BCUT2D eigenvalue weighted by molar-refractivity contribution is 0.640. The monoisotopic (exact) mass is 653 g/mol. The fraction of sp³-hybridized carbons (Fsp3) is 0.0870. The Morgan fingerprint density at radius 3 is 2.37 bits per heavy atom. The van der Waals surface area contributed by atoms with Crippen molar-refractivity contribution < 1.29 is 0 Å². The first-order valence-corrected chi connectivity index (χ1v) is 17.6. The maximum Gasteiger partial charge on any atom is 0.141 e. The Hall–Kier alpha value is -6.73. The molecule has 51 heavy (non-hydrogen) atoms. The fourth-order valence-corrected chi connectivity index (χ4v) is 8.72. The minimum atomic E-state index is -0.0727. The maximum atomic E-state index is 5.59. The van der Waals surface area contributed by atoms with Crippen molar-refractivity contribution >= 4 is 50.0 Å². The first kappa shape index (κ1) is 28.1. The maximum absolute atomic E-state index is 5.59. The van der Waals surface area contributed by atoms with Crippen molar-refractivity contribution in [2.75, 3.05) is 9.80 Å². The molecule has 2 aliphatic heterocycles. The summed E-state index contributed by atoms with van der Waals surface area (Å²) >= 11 is 0. The molecule has 240 valence electrons. The quantitative estimate of drug-likeness (QED) is 0.140. The van der Waals surface area contributed by atoms with Crippen LogP contribution in [0.5, 0.6) is 0 Å². The van der Waals surface area contributed by atoms with E-state index in [-0.39, 0.29) is 17.9 Å². The number of allylic oxidation sites excluding steroid dienone is 9. The van der Waals surface area contributed by atoms with Crippen molar-refractivity contribution in [3.63, 3.8) is 0 Å². The zero-order valence-corrected chi connectivity index (χ0v) is 27.7. The number of pyridine rings is 1. The smallest absolute Gasteiger partial charge is 0.141 e. The van der Waals surface area contributed by atoms with Crippen LogP contribution in [0.4, 0.5) is 11.5 Å². The van der Waals surface area contributed by atoms with E-state index in [1.54, 1.807) is 0 Å². The third-order valence-electron chi connectivity index (χ3n) is 10.7. The highest BCUT2D eigenvalue weighted by Crippen LogP contribution is 2.53.